The molecule has 3 aromatic rings. The lowest BCUT2D eigenvalue weighted by molar-refractivity contribution is -0.120. The largest absolute Gasteiger partial charge is 0.326 e. The molecule has 0 unspecified atom stereocenters. The molecule has 1 aliphatic heterocycles. The number of nitrogens with zero attached hydrogens (tertiary/aromatic N) is 1. The SMILES string of the molecule is Cc1ccc(NC(=O)[C@H]2CCCN(S(=O)(=O)c3ccc4[nH]c(=O)ccc4c3)C2)cc1Cl. The Morgan fingerprint density at radius 1 is 1.16 bits per heavy atom. The first-order chi connectivity index (χ1) is 14.7. The zero-order valence-corrected chi connectivity index (χ0v) is 18.5. The standard InChI is InChI=1S/C22H22ClN3O4S/c1-14-4-6-17(12-19(14)23)24-22(28)16-3-2-10-26(13-16)31(29,30)18-7-8-20-15(11-18)5-9-21(27)25-20/h4-9,11-12,16H,2-3,10,13H2,1H3,(H,24,28)(H,25,27)/t16-/m0/s1. The predicted octanol–water partition coefficient (Wildman–Crippen LogP) is 3.53. The lowest BCUT2D eigenvalue weighted by Crippen LogP contribution is -2.43. The summed E-state index contributed by atoms with van der Waals surface area (Å²) in [6, 6.07) is 12.8. The molecule has 1 fully saturated rings. The maximum Gasteiger partial charge on any atom is 0.248 e. The summed E-state index contributed by atoms with van der Waals surface area (Å²) in [4.78, 5) is 27.0. The van der Waals surface area contributed by atoms with Crippen LogP contribution in [0.2, 0.25) is 5.02 Å². The average Bonchev–Trinajstić information content (AvgIpc) is 2.76. The van der Waals surface area contributed by atoms with E-state index >= 15 is 0 Å². The topological polar surface area (TPSA) is 99.3 Å². The van der Waals surface area contributed by atoms with Gasteiger partial charge in [0.1, 0.15) is 0 Å². The highest BCUT2D eigenvalue weighted by Crippen LogP contribution is 2.27. The quantitative estimate of drug-likeness (QED) is 0.623. The van der Waals surface area contributed by atoms with Gasteiger partial charge in [-0.15, -0.1) is 0 Å². The Hall–Kier alpha value is -2.68. The van der Waals surface area contributed by atoms with Crippen LogP contribution < -0.4 is 10.9 Å². The Kier molecular flexibility index (Phi) is 5.88. The highest BCUT2D eigenvalue weighted by atomic mass is 35.5. The van der Waals surface area contributed by atoms with Crippen molar-refractivity contribution < 1.29 is 13.2 Å². The maximum atomic E-state index is 13.2. The molecule has 0 radical (unpaired) electrons. The van der Waals surface area contributed by atoms with Crippen LogP contribution in [0.4, 0.5) is 5.69 Å². The van der Waals surface area contributed by atoms with E-state index in [1.165, 1.54) is 16.4 Å². The summed E-state index contributed by atoms with van der Waals surface area (Å²) >= 11 is 6.13. The molecule has 1 aliphatic rings. The van der Waals surface area contributed by atoms with Crippen molar-refractivity contribution in [3.05, 3.63) is 69.5 Å². The van der Waals surface area contributed by atoms with Crippen LogP contribution >= 0.6 is 11.6 Å². The Bertz CT molecular complexity index is 1320. The van der Waals surface area contributed by atoms with Gasteiger partial charge in [-0.1, -0.05) is 17.7 Å². The van der Waals surface area contributed by atoms with Crippen LogP contribution in [0.25, 0.3) is 10.9 Å². The molecule has 0 bridgehead atoms. The number of piperidine rings is 1. The van der Waals surface area contributed by atoms with Gasteiger partial charge in [-0.25, -0.2) is 8.42 Å². The molecule has 9 heteroatoms. The third kappa shape index (κ3) is 4.51. The molecule has 0 saturated carbocycles. The second-order valence-corrected chi connectivity index (χ2v) is 10.1. The number of pyridine rings is 1. The number of carbonyl (C=O) groups is 1. The summed E-state index contributed by atoms with van der Waals surface area (Å²) in [5.41, 5.74) is 1.82. The Morgan fingerprint density at radius 2 is 1.97 bits per heavy atom. The second kappa shape index (κ2) is 8.45. The molecule has 0 aliphatic carbocycles. The van der Waals surface area contributed by atoms with Crippen LogP contribution in [0.3, 0.4) is 0 Å². The summed E-state index contributed by atoms with van der Waals surface area (Å²) in [6.45, 7) is 2.34. The Morgan fingerprint density at radius 3 is 2.74 bits per heavy atom. The number of hydrogen-bond acceptors (Lipinski definition) is 4. The highest BCUT2D eigenvalue weighted by molar-refractivity contribution is 7.89. The van der Waals surface area contributed by atoms with Gasteiger partial charge < -0.3 is 10.3 Å². The fourth-order valence-electron chi connectivity index (χ4n) is 3.73. The van der Waals surface area contributed by atoms with Crippen LogP contribution in [0, 0.1) is 12.8 Å². The minimum Gasteiger partial charge on any atom is -0.326 e. The number of aryl methyl sites for hydroxylation is 1. The van der Waals surface area contributed by atoms with Gasteiger partial charge in [0.2, 0.25) is 21.5 Å². The maximum absolute atomic E-state index is 13.2. The van der Waals surface area contributed by atoms with E-state index < -0.39 is 15.9 Å². The summed E-state index contributed by atoms with van der Waals surface area (Å²) in [5.74, 6) is -0.684. The third-order valence-corrected chi connectivity index (χ3v) is 7.80. The molecule has 162 valence electrons. The number of hydrogen-bond donors (Lipinski definition) is 2. The first kappa shape index (κ1) is 21.5. The molecule has 1 amide bonds. The highest BCUT2D eigenvalue weighted by Gasteiger charge is 2.33. The van der Waals surface area contributed by atoms with Gasteiger partial charge in [-0.05, 0) is 67.1 Å². The van der Waals surface area contributed by atoms with Crippen molar-refractivity contribution in [2.75, 3.05) is 18.4 Å². The van der Waals surface area contributed by atoms with Crippen LogP contribution in [-0.4, -0.2) is 36.7 Å². The number of halogens is 1. The van der Waals surface area contributed by atoms with E-state index in [9.17, 15) is 18.0 Å². The van der Waals surface area contributed by atoms with Gasteiger partial charge in [0, 0.05) is 35.4 Å². The van der Waals surface area contributed by atoms with Crippen molar-refractivity contribution in [3.63, 3.8) is 0 Å². The molecule has 1 saturated heterocycles. The van der Waals surface area contributed by atoms with E-state index in [4.69, 9.17) is 11.6 Å². The normalized spacial score (nSPS) is 17.5. The van der Waals surface area contributed by atoms with Crippen molar-refractivity contribution >= 4 is 44.1 Å². The average molecular weight is 460 g/mol. The van der Waals surface area contributed by atoms with Crippen LogP contribution in [0.15, 0.2) is 58.2 Å². The molecule has 1 aromatic heterocycles. The monoisotopic (exact) mass is 459 g/mol. The van der Waals surface area contributed by atoms with Crippen molar-refractivity contribution in [3.8, 4) is 0 Å². The molecule has 2 heterocycles. The molecular weight excluding hydrogens is 438 g/mol. The summed E-state index contributed by atoms with van der Waals surface area (Å²) < 4.78 is 27.8. The molecule has 2 aromatic carbocycles. The fraction of sp³-hybridized carbons (Fsp3) is 0.273. The lowest BCUT2D eigenvalue weighted by atomic mass is 9.98. The van der Waals surface area contributed by atoms with Gasteiger partial charge in [0.25, 0.3) is 0 Å². The number of carbonyl (C=O) groups excluding carboxylic acids is 1. The van der Waals surface area contributed by atoms with Gasteiger partial charge in [-0.3, -0.25) is 9.59 Å². The molecule has 0 spiro atoms. The van der Waals surface area contributed by atoms with Gasteiger partial charge in [-0.2, -0.15) is 4.31 Å². The van der Waals surface area contributed by atoms with Crippen LogP contribution in [0.1, 0.15) is 18.4 Å². The van der Waals surface area contributed by atoms with E-state index in [0.29, 0.717) is 41.0 Å². The van der Waals surface area contributed by atoms with Crippen LogP contribution in [0.5, 0.6) is 0 Å². The van der Waals surface area contributed by atoms with Crippen molar-refractivity contribution in [1.29, 1.82) is 0 Å². The van der Waals surface area contributed by atoms with Crippen molar-refractivity contribution in [2.45, 2.75) is 24.7 Å². The fourth-order valence-corrected chi connectivity index (χ4v) is 5.47. The summed E-state index contributed by atoms with van der Waals surface area (Å²) in [7, 11) is -3.78. The van der Waals surface area contributed by atoms with E-state index in [1.54, 1.807) is 30.3 Å². The number of nitrogens with one attached hydrogen (secondary N) is 2. The first-order valence-corrected chi connectivity index (χ1v) is 11.8. The number of H-pyrrole nitrogens is 1. The van der Waals surface area contributed by atoms with Crippen molar-refractivity contribution in [1.82, 2.24) is 9.29 Å². The zero-order chi connectivity index (χ0) is 22.2. The van der Waals surface area contributed by atoms with E-state index in [2.05, 4.69) is 10.3 Å². The minimum absolute atomic E-state index is 0.109. The van der Waals surface area contributed by atoms with Crippen LogP contribution in [-0.2, 0) is 14.8 Å². The molecule has 31 heavy (non-hydrogen) atoms. The molecule has 7 nitrogen and oxygen atoms in total. The van der Waals surface area contributed by atoms with Crippen molar-refractivity contribution in [2.24, 2.45) is 5.92 Å². The number of sulfonamides is 1. The molecule has 2 N–H and O–H groups in total. The zero-order valence-electron chi connectivity index (χ0n) is 16.9. The third-order valence-electron chi connectivity index (χ3n) is 5.53. The molecular formula is C22H22ClN3O4S. The summed E-state index contributed by atoms with van der Waals surface area (Å²) in [5, 5.41) is 4.03. The van der Waals surface area contributed by atoms with Gasteiger partial charge in [0.05, 0.1) is 10.8 Å². The van der Waals surface area contributed by atoms with E-state index in [-0.39, 0.29) is 22.9 Å². The van der Waals surface area contributed by atoms with E-state index in [0.717, 1.165) is 5.56 Å². The number of anilines is 1. The number of rotatable bonds is 4. The predicted molar refractivity (Wildman–Crippen MR) is 121 cm³/mol. The van der Waals surface area contributed by atoms with E-state index in [1.807, 2.05) is 13.0 Å². The number of benzene rings is 2. The Labute approximate surface area is 185 Å². The number of aromatic nitrogens is 1. The number of fused-ring (bicyclic) bond motifs is 1. The smallest absolute Gasteiger partial charge is 0.248 e. The number of amides is 1. The van der Waals surface area contributed by atoms with Gasteiger partial charge in [0.15, 0.2) is 0 Å². The minimum atomic E-state index is -3.78. The molecule has 4 rings (SSSR count). The number of aromatic amines is 1. The van der Waals surface area contributed by atoms with Gasteiger partial charge >= 0.3 is 0 Å². The summed E-state index contributed by atoms with van der Waals surface area (Å²) in [6.07, 6.45) is 1.20. The second-order valence-electron chi connectivity index (χ2n) is 7.73. The Balaban J connectivity index is 1.53. The first-order valence-electron chi connectivity index (χ1n) is 9.94. The lowest BCUT2D eigenvalue weighted by Gasteiger charge is -2.31. The molecule has 1 atom stereocenters.